The summed E-state index contributed by atoms with van der Waals surface area (Å²) in [6.45, 7) is 4.44. The number of hydrogen-bond acceptors (Lipinski definition) is 3. The molecule has 0 spiro atoms. The third-order valence-corrected chi connectivity index (χ3v) is 4.89. The molecule has 0 bridgehead atoms. The summed E-state index contributed by atoms with van der Waals surface area (Å²) in [7, 11) is 0. The van der Waals surface area contributed by atoms with Gasteiger partial charge in [-0.3, -0.25) is 0 Å². The van der Waals surface area contributed by atoms with E-state index in [1.165, 1.54) is 29.2 Å². The van der Waals surface area contributed by atoms with Gasteiger partial charge in [-0.25, -0.2) is 4.98 Å². The SMILES string of the molecule is CCc1csc(N2CCC(c3ccccc3)CC2)n1. The highest BCUT2D eigenvalue weighted by Gasteiger charge is 2.22. The Bertz CT molecular complexity index is 513. The van der Waals surface area contributed by atoms with Gasteiger partial charge in [0.1, 0.15) is 0 Å². The predicted octanol–water partition coefficient (Wildman–Crippen LogP) is 4.09. The van der Waals surface area contributed by atoms with E-state index < -0.39 is 0 Å². The summed E-state index contributed by atoms with van der Waals surface area (Å²) >= 11 is 1.79. The van der Waals surface area contributed by atoms with E-state index in [9.17, 15) is 0 Å². The molecule has 1 saturated heterocycles. The molecule has 1 fully saturated rings. The molecule has 2 aromatic rings. The van der Waals surface area contributed by atoms with Crippen molar-refractivity contribution < 1.29 is 0 Å². The van der Waals surface area contributed by atoms with Crippen LogP contribution in [0, 0.1) is 0 Å². The van der Waals surface area contributed by atoms with E-state index >= 15 is 0 Å². The normalized spacial score (nSPS) is 16.8. The van der Waals surface area contributed by atoms with Crippen LogP contribution in [-0.2, 0) is 6.42 Å². The average Bonchev–Trinajstić information content (AvgIpc) is 2.97. The molecule has 0 aliphatic carbocycles. The standard InChI is InChI=1S/C16H20N2S/c1-2-15-12-19-16(17-15)18-10-8-14(9-11-18)13-6-4-3-5-7-13/h3-7,12,14H,2,8-11H2,1H3. The lowest BCUT2D eigenvalue weighted by molar-refractivity contribution is 0.505. The molecule has 2 nitrogen and oxygen atoms in total. The molecule has 0 radical (unpaired) electrons. The topological polar surface area (TPSA) is 16.1 Å². The fourth-order valence-electron chi connectivity index (χ4n) is 2.73. The third kappa shape index (κ3) is 2.81. The van der Waals surface area contributed by atoms with Crippen LogP contribution in [0.2, 0.25) is 0 Å². The highest BCUT2D eigenvalue weighted by Crippen LogP contribution is 2.31. The number of benzene rings is 1. The number of aromatic nitrogens is 1. The molecule has 1 aromatic carbocycles. The van der Waals surface area contributed by atoms with Gasteiger partial charge >= 0.3 is 0 Å². The summed E-state index contributed by atoms with van der Waals surface area (Å²) in [5.41, 5.74) is 2.72. The lowest BCUT2D eigenvalue weighted by Gasteiger charge is -2.32. The molecule has 0 atom stereocenters. The molecule has 0 unspecified atom stereocenters. The Morgan fingerprint density at radius 3 is 2.58 bits per heavy atom. The van der Waals surface area contributed by atoms with Crippen LogP contribution < -0.4 is 4.90 Å². The second kappa shape index (κ2) is 5.74. The lowest BCUT2D eigenvalue weighted by atomic mass is 9.90. The van der Waals surface area contributed by atoms with Gasteiger partial charge in [-0.2, -0.15) is 0 Å². The first-order valence-electron chi connectivity index (χ1n) is 7.11. The first-order chi connectivity index (χ1) is 9.36. The van der Waals surface area contributed by atoms with Gasteiger partial charge in [-0.15, -0.1) is 11.3 Å². The van der Waals surface area contributed by atoms with Crippen LogP contribution in [0.4, 0.5) is 5.13 Å². The maximum Gasteiger partial charge on any atom is 0.185 e. The highest BCUT2D eigenvalue weighted by atomic mass is 32.1. The van der Waals surface area contributed by atoms with Crippen molar-refractivity contribution in [2.45, 2.75) is 32.1 Å². The van der Waals surface area contributed by atoms with Crippen LogP contribution in [0.15, 0.2) is 35.7 Å². The Morgan fingerprint density at radius 2 is 1.95 bits per heavy atom. The van der Waals surface area contributed by atoms with Gasteiger partial charge in [0.05, 0.1) is 5.69 Å². The van der Waals surface area contributed by atoms with Crippen molar-refractivity contribution in [3.63, 3.8) is 0 Å². The van der Waals surface area contributed by atoms with Crippen molar-refractivity contribution in [1.82, 2.24) is 4.98 Å². The lowest BCUT2D eigenvalue weighted by Crippen LogP contribution is -2.32. The Labute approximate surface area is 119 Å². The molecule has 3 heteroatoms. The Kier molecular flexibility index (Phi) is 3.83. The van der Waals surface area contributed by atoms with Gasteiger partial charge < -0.3 is 4.90 Å². The molecular weight excluding hydrogens is 252 g/mol. The second-order valence-corrected chi connectivity index (χ2v) is 5.98. The first kappa shape index (κ1) is 12.7. The maximum atomic E-state index is 4.69. The molecule has 1 aliphatic heterocycles. The number of nitrogens with zero attached hydrogens (tertiary/aromatic N) is 2. The fraction of sp³-hybridized carbons (Fsp3) is 0.438. The number of anilines is 1. The molecule has 2 heterocycles. The number of aryl methyl sites for hydroxylation is 1. The van der Waals surface area contributed by atoms with E-state index in [0.29, 0.717) is 0 Å². The highest BCUT2D eigenvalue weighted by molar-refractivity contribution is 7.13. The first-order valence-corrected chi connectivity index (χ1v) is 7.99. The van der Waals surface area contributed by atoms with Crippen molar-refractivity contribution in [2.75, 3.05) is 18.0 Å². The number of piperidine rings is 1. The van der Waals surface area contributed by atoms with Gasteiger partial charge in [0.2, 0.25) is 0 Å². The van der Waals surface area contributed by atoms with E-state index in [-0.39, 0.29) is 0 Å². The summed E-state index contributed by atoms with van der Waals surface area (Å²) in [6, 6.07) is 10.9. The smallest absolute Gasteiger partial charge is 0.185 e. The van der Waals surface area contributed by atoms with Crippen molar-refractivity contribution in [2.24, 2.45) is 0 Å². The van der Waals surface area contributed by atoms with Gasteiger partial charge in [0.25, 0.3) is 0 Å². The fourth-order valence-corrected chi connectivity index (χ4v) is 3.70. The maximum absolute atomic E-state index is 4.69. The summed E-state index contributed by atoms with van der Waals surface area (Å²) in [4.78, 5) is 7.14. The summed E-state index contributed by atoms with van der Waals surface area (Å²) in [6.07, 6.45) is 3.52. The quantitative estimate of drug-likeness (QED) is 0.836. The second-order valence-electron chi connectivity index (χ2n) is 5.15. The third-order valence-electron chi connectivity index (χ3n) is 3.94. The molecule has 100 valence electrons. The molecule has 0 amide bonds. The minimum Gasteiger partial charge on any atom is -0.348 e. The zero-order valence-corrected chi connectivity index (χ0v) is 12.2. The Balaban J connectivity index is 1.63. The molecule has 3 rings (SSSR count). The molecule has 0 saturated carbocycles. The molecule has 1 aliphatic rings. The van der Waals surface area contributed by atoms with E-state index in [1.54, 1.807) is 11.3 Å². The van der Waals surface area contributed by atoms with E-state index in [4.69, 9.17) is 4.98 Å². The zero-order valence-electron chi connectivity index (χ0n) is 11.4. The van der Waals surface area contributed by atoms with Crippen LogP contribution in [0.25, 0.3) is 0 Å². The van der Waals surface area contributed by atoms with Gasteiger partial charge in [-0.1, -0.05) is 37.3 Å². The van der Waals surface area contributed by atoms with E-state index in [2.05, 4.69) is 47.5 Å². The molecular formula is C16H20N2S. The summed E-state index contributed by atoms with van der Waals surface area (Å²) in [5.74, 6) is 0.725. The van der Waals surface area contributed by atoms with Crippen LogP contribution in [0.1, 0.15) is 36.9 Å². The minimum absolute atomic E-state index is 0.725. The molecule has 0 N–H and O–H groups in total. The monoisotopic (exact) mass is 272 g/mol. The minimum atomic E-state index is 0.725. The van der Waals surface area contributed by atoms with Crippen molar-refractivity contribution in [1.29, 1.82) is 0 Å². The van der Waals surface area contributed by atoms with Crippen molar-refractivity contribution >= 4 is 16.5 Å². The number of hydrogen-bond donors (Lipinski definition) is 0. The van der Waals surface area contributed by atoms with E-state index in [1.807, 2.05) is 0 Å². The van der Waals surface area contributed by atoms with Gasteiger partial charge in [0, 0.05) is 18.5 Å². The predicted molar refractivity (Wildman–Crippen MR) is 82.1 cm³/mol. The largest absolute Gasteiger partial charge is 0.348 e. The van der Waals surface area contributed by atoms with Crippen molar-refractivity contribution in [3.8, 4) is 0 Å². The van der Waals surface area contributed by atoms with Crippen LogP contribution in [0.5, 0.6) is 0 Å². The zero-order chi connectivity index (χ0) is 13.1. The van der Waals surface area contributed by atoms with Gasteiger partial charge in [-0.05, 0) is 30.7 Å². The summed E-state index contributed by atoms with van der Waals surface area (Å²) in [5, 5.41) is 3.40. The number of thiazole rings is 1. The Hall–Kier alpha value is -1.35. The van der Waals surface area contributed by atoms with Crippen LogP contribution >= 0.6 is 11.3 Å². The van der Waals surface area contributed by atoms with Crippen molar-refractivity contribution in [3.05, 3.63) is 47.0 Å². The van der Waals surface area contributed by atoms with E-state index in [0.717, 1.165) is 25.4 Å². The average molecular weight is 272 g/mol. The van der Waals surface area contributed by atoms with Crippen LogP contribution in [-0.4, -0.2) is 18.1 Å². The number of rotatable bonds is 3. The van der Waals surface area contributed by atoms with Gasteiger partial charge in [0.15, 0.2) is 5.13 Å². The Morgan fingerprint density at radius 1 is 1.21 bits per heavy atom. The molecule has 1 aromatic heterocycles. The van der Waals surface area contributed by atoms with Crippen LogP contribution in [0.3, 0.4) is 0 Å². The summed E-state index contributed by atoms with van der Waals surface area (Å²) < 4.78 is 0. The molecule has 19 heavy (non-hydrogen) atoms.